The number of esters is 1. The van der Waals surface area contributed by atoms with Gasteiger partial charge in [0.15, 0.2) is 29.4 Å². The second-order valence-corrected chi connectivity index (χ2v) is 17.7. The van der Waals surface area contributed by atoms with Crippen molar-refractivity contribution in [3.05, 3.63) is 78.1 Å². The Balaban J connectivity index is 1.26. The molecule has 61 heavy (non-hydrogen) atoms. The highest BCUT2D eigenvalue weighted by Gasteiger charge is 2.52. The molecular formula is C36H39FN8O13P2S. The highest BCUT2D eigenvalue weighted by Crippen LogP contribution is 2.56. The van der Waals surface area contributed by atoms with Crippen molar-refractivity contribution in [1.29, 1.82) is 10.5 Å². The maximum Gasteiger partial charge on any atom is 0.472 e. The number of ether oxygens (including phenoxy) is 3. The van der Waals surface area contributed by atoms with E-state index in [9.17, 15) is 29.4 Å². The van der Waals surface area contributed by atoms with Gasteiger partial charge in [0, 0.05) is 17.7 Å². The van der Waals surface area contributed by atoms with E-state index in [1.807, 2.05) is 6.07 Å². The van der Waals surface area contributed by atoms with Crippen LogP contribution in [0.4, 0.5) is 10.2 Å². The van der Waals surface area contributed by atoms with Gasteiger partial charge in [-0.2, -0.15) is 10.5 Å². The fourth-order valence-corrected chi connectivity index (χ4v) is 9.63. The molecule has 2 unspecified atom stereocenters. The predicted molar refractivity (Wildman–Crippen MR) is 210 cm³/mol. The van der Waals surface area contributed by atoms with Gasteiger partial charge in [0.25, 0.3) is 5.91 Å². The normalized spacial score (nSPS) is 25.6. The minimum absolute atomic E-state index is 0.00169. The first kappa shape index (κ1) is 45.8. The Morgan fingerprint density at radius 3 is 2.44 bits per heavy atom. The molecule has 2 aliphatic rings. The molecular weight excluding hydrogens is 865 g/mol. The van der Waals surface area contributed by atoms with Gasteiger partial charge in [-0.25, -0.2) is 33.7 Å². The quantitative estimate of drug-likeness (QED) is 0.0674. The summed E-state index contributed by atoms with van der Waals surface area (Å²) < 4.78 is 76.3. The summed E-state index contributed by atoms with van der Waals surface area (Å²) in [6.07, 6.45) is -6.84. The minimum atomic E-state index is -5.05. The van der Waals surface area contributed by atoms with Crippen LogP contribution in [0.5, 0.6) is 0 Å². The number of nitriles is 2. The second kappa shape index (κ2) is 20.4. The van der Waals surface area contributed by atoms with Crippen LogP contribution in [0, 0.1) is 28.6 Å². The van der Waals surface area contributed by atoms with E-state index in [2.05, 4.69) is 25.3 Å². The number of fused-ring (bicyclic) bond motifs is 1. The maximum absolute atomic E-state index is 16.7. The average Bonchev–Trinajstić information content (AvgIpc) is 3.92. The molecule has 324 valence electrons. The van der Waals surface area contributed by atoms with E-state index in [-0.39, 0.29) is 42.1 Å². The third-order valence-electron chi connectivity index (χ3n) is 9.37. The van der Waals surface area contributed by atoms with Crippen molar-refractivity contribution in [2.75, 3.05) is 38.9 Å². The van der Waals surface area contributed by atoms with Crippen LogP contribution in [-0.4, -0.2) is 111 Å². The van der Waals surface area contributed by atoms with Crippen LogP contribution in [0.3, 0.4) is 0 Å². The van der Waals surface area contributed by atoms with Crippen molar-refractivity contribution in [3.8, 4) is 12.1 Å². The van der Waals surface area contributed by atoms with E-state index in [0.717, 1.165) is 6.33 Å². The van der Waals surface area contributed by atoms with Crippen LogP contribution >= 0.6 is 14.5 Å². The number of phosphoric ester groups is 1. The van der Waals surface area contributed by atoms with Gasteiger partial charge < -0.3 is 43.1 Å². The smallest absolute Gasteiger partial charge is 0.464 e. The Hall–Kier alpha value is -4.71. The molecule has 10 atom stereocenters. The fraction of sp³-hybridized carbons (Fsp3) is 0.444. The van der Waals surface area contributed by atoms with E-state index < -0.39 is 95.1 Å². The summed E-state index contributed by atoms with van der Waals surface area (Å²) in [6, 6.07) is 15.0. The van der Waals surface area contributed by atoms with Crippen molar-refractivity contribution in [2.24, 2.45) is 5.92 Å². The Labute approximate surface area is 352 Å². The minimum Gasteiger partial charge on any atom is -0.464 e. The van der Waals surface area contributed by atoms with Gasteiger partial charge in [-0.15, -0.1) is 0 Å². The standard InChI is InChI=1S/C36H39FN8O13P2S/c1-21-29(23-10-13-40-24(16-23)36(48)51-2)55-25(17-46)30(21)58-60(61,53-15-7-12-39)54-18-26-31(57-59(49,50)52-14-6-11-38)27(37)35(56-26)45-20-43-28-32(41-19-42-33(28)45)44-34(47)22-8-4-3-5-9-22/h3-5,8-10,13,16,19-21,25-27,29-31,35,46H,6-7,14-15,17-18H2,1-2H3,(H,49,50)(H,41,42,44,47)/t21-,25+,26+,27+,29+,30-,31+,35+,60?/m0/s1. The molecule has 0 bridgehead atoms. The summed E-state index contributed by atoms with van der Waals surface area (Å²) in [5, 5.41) is 31.1. The molecule has 5 heterocycles. The van der Waals surface area contributed by atoms with Crippen molar-refractivity contribution in [2.45, 2.75) is 62.7 Å². The number of hydrogen-bond acceptors (Lipinski definition) is 19. The lowest BCUT2D eigenvalue weighted by Gasteiger charge is -2.30. The molecule has 1 aromatic carbocycles. The molecule has 6 rings (SSSR count). The predicted octanol–water partition coefficient (Wildman–Crippen LogP) is 4.24. The number of methoxy groups -OCH3 is 1. The SMILES string of the molecule is COC(=O)c1cc([C@@H]2O[C@H](CO)[C@@H](OP(=S)(OCCC#N)OC[C@H]3O[C@@H](n4cnc5c(NC(=O)c6ccccc6)ncnc54)[C@H](F)[C@@H]3OP(=O)(O)OCCC#N)[C@H]2C)ccn1. The number of pyridine rings is 1. The zero-order chi connectivity index (χ0) is 43.7. The third-order valence-corrected chi connectivity index (χ3v) is 12.7. The van der Waals surface area contributed by atoms with Gasteiger partial charge >= 0.3 is 20.5 Å². The highest BCUT2D eigenvalue weighted by molar-refractivity contribution is 8.07. The number of carbonyl (C=O) groups excluding carboxylic acids is 2. The number of carbonyl (C=O) groups is 2. The van der Waals surface area contributed by atoms with Crippen molar-refractivity contribution in [3.63, 3.8) is 0 Å². The zero-order valence-corrected chi connectivity index (χ0v) is 34.9. The van der Waals surface area contributed by atoms with Gasteiger partial charge in [-0.1, -0.05) is 25.1 Å². The van der Waals surface area contributed by atoms with Crippen LogP contribution in [-0.2, 0) is 53.2 Å². The van der Waals surface area contributed by atoms with Gasteiger partial charge in [0.1, 0.15) is 36.4 Å². The lowest BCUT2D eigenvalue weighted by Crippen LogP contribution is -2.35. The lowest BCUT2D eigenvalue weighted by molar-refractivity contribution is -0.0502. The highest BCUT2D eigenvalue weighted by atomic mass is 32.5. The summed E-state index contributed by atoms with van der Waals surface area (Å²) in [7, 11) is -3.84. The fourth-order valence-electron chi connectivity index (χ4n) is 6.52. The number of imidazole rings is 1. The first-order valence-electron chi connectivity index (χ1n) is 18.4. The Morgan fingerprint density at radius 1 is 1.00 bits per heavy atom. The number of halogens is 1. The number of nitrogens with zero attached hydrogens (tertiary/aromatic N) is 7. The van der Waals surface area contributed by atoms with E-state index >= 15 is 4.39 Å². The molecule has 0 radical (unpaired) electrons. The first-order chi connectivity index (χ1) is 29.3. The monoisotopic (exact) mass is 904 g/mol. The van der Waals surface area contributed by atoms with Gasteiger partial charge in [0.05, 0.1) is 70.9 Å². The maximum atomic E-state index is 16.7. The Bertz CT molecular complexity index is 2370. The Morgan fingerprint density at radius 2 is 1.74 bits per heavy atom. The number of benzene rings is 1. The molecule has 21 nitrogen and oxygen atoms in total. The van der Waals surface area contributed by atoms with Crippen molar-refractivity contribution < 1.29 is 65.4 Å². The summed E-state index contributed by atoms with van der Waals surface area (Å²) in [6.45, 7) is -4.28. The first-order valence-corrected chi connectivity index (χ1v) is 22.5. The molecule has 3 aromatic heterocycles. The lowest BCUT2D eigenvalue weighted by atomic mass is 9.94. The second-order valence-electron chi connectivity index (χ2n) is 13.3. The van der Waals surface area contributed by atoms with Crippen LogP contribution in [0.15, 0.2) is 61.3 Å². The number of anilines is 1. The molecule has 2 fully saturated rings. The molecule has 0 aliphatic carbocycles. The largest absolute Gasteiger partial charge is 0.472 e. The average molecular weight is 905 g/mol. The zero-order valence-electron chi connectivity index (χ0n) is 32.3. The molecule has 2 saturated heterocycles. The third kappa shape index (κ3) is 10.9. The van der Waals surface area contributed by atoms with Crippen LogP contribution < -0.4 is 5.32 Å². The number of nitrogens with one attached hydrogen (secondary N) is 1. The van der Waals surface area contributed by atoms with Crippen LogP contribution in [0.25, 0.3) is 11.2 Å². The number of aromatic nitrogens is 5. The van der Waals surface area contributed by atoms with Crippen LogP contribution in [0.2, 0.25) is 0 Å². The van der Waals surface area contributed by atoms with Crippen LogP contribution in [0.1, 0.15) is 58.5 Å². The van der Waals surface area contributed by atoms with Gasteiger partial charge in [-0.3, -0.25) is 18.4 Å². The van der Waals surface area contributed by atoms with Crippen molar-refractivity contribution in [1.82, 2.24) is 24.5 Å². The Kier molecular flexibility index (Phi) is 15.3. The van der Waals surface area contributed by atoms with E-state index in [1.54, 1.807) is 49.4 Å². The summed E-state index contributed by atoms with van der Waals surface area (Å²) in [5.74, 6) is -1.76. The number of amides is 1. The summed E-state index contributed by atoms with van der Waals surface area (Å²) in [4.78, 5) is 52.3. The molecule has 0 spiro atoms. The number of phosphoric acid groups is 1. The number of aliphatic hydroxyl groups excluding tert-OH is 1. The van der Waals surface area contributed by atoms with E-state index in [0.29, 0.717) is 11.1 Å². The van der Waals surface area contributed by atoms with Crippen molar-refractivity contribution >= 4 is 55.2 Å². The molecule has 25 heteroatoms. The molecule has 1 amide bonds. The molecule has 0 saturated carbocycles. The molecule has 2 aliphatic heterocycles. The number of aliphatic hydroxyl groups is 1. The van der Waals surface area contributed by atoms with Gasteiger partial charge in [-0.05, 0) is 41.6 Å². The summed E-state index contributed by atoms with van der Waals surface area (Å²) in [5.41, 5.74) is 0.918. The topological polar surface area (TPSA) is 282 Å². The number of hydrogen-bond donors (Lipinski definition) is 3. The van der Waals surface area contributed by atoms with E-state index in [4.69, 9.17) is 53.9 Å². The number of alkyl halides is 1. The molecule has 3 N–H and O–H groups in total. The van der Waals surface area contributed by atoms with E-state index in [1.165, 1.54) is 30.3 Å². The molecule has 4 aromatic rings. The summed E-state index contributed by atoms with van der Waals surface area (Å²) >= 11 is 5.78. The number of rotatable bonds is 19. The van der Waals surface area contributed by atoms with Gasteiger partial charge in [0.2, 0.25) is 0 Å².